The molecule has 1 rings (SSSR count). The second-order valence-electron chi connectivity index (χ2n) is 7.82. The minimum absolute atomic E-state index is 0.0785. The minimum atomic E-state index is -0.662. The lowest BCUT2D eigenvalue weighted by atomic mass is 9.91. The van der Waals surface area contributed by atoms with Crippen molar-refractivity contribution in [3.63, 3.8) is 0 Å². The van der Waals surface area contributed by atoms with Crippen LogP contribution in [0.2, 0.25) is 0 Å². The molecule has 0 aromatic heterocycles. The monoisotopic (exact) mass is 405 g/mol. The molecule has 0 radical (unpaired) electrons. The van der Waals surface area contributed by atoms with Crippen LogP contribution in [-0.4, -0.2) is 36.1 Å². The van der Waals surface area contributed by atoms with Crippen molar-refractivity contribution < 1.29 is 23.9 Å². The molecule has 0 heterocycles. The molecule has 0 fully saturated rings. The lowest BCUT2D eigenvalue weighted by Crippen LogP contribution is -2.55. The molecular formula is C23H35NO5. The summed E-state index contributed by atoms with van der Waals surface area (Å²) in [6.07, 6.45) is 2.43. The van der Waals surface area contributed by atoms with Gasteiger partial charge in [-0.15, -0.1) is 0 Å². The summed E-state index contributed by atoms with van der Waals surface area (Å²) in [7, 11) is 0. The van der Waals surface area contributed by atoms with E-state index in [1.807, 2.05) is 26.0 Å². The first kappa shape index (κ1) is 24.7. The molecule has 1 aromatic rings. The van der Waals surface area contributed by atoms with E-state index in [2.05, 4.69) is 24.4 Å². The average molecular weight is 406 g/mol. The van der Waals surface area contributed by atoms with Crippen molar-refractivity contribution in [2.75, 3.05) is 0 Å². The molecule has 0 spiro atoms. The Morgan fingerprint density at radius 1 is 0.931 bits per heavy atom. The van der Waals surface area contributed by atoms with Gasteiger partial charge in [0.1, 0.15) is 18.2 Å². The topological polar surface area (TPSA) is 81.7 Å². The molecule has 6 nitrogen and oxygen atoms in total. The number of rotatable bonds is 11. The molecular weight excluding hydrogens is 370 g/mol. The molecule has 6 heteroatoms. The number of hydrogen-bond donors (Lipinski definition) is 1. The molecule has 0 aliphatic carbocycles. The van der Waals surface area contributed by atoms with Gasteiger partial charge < -0.3 is 14.8 Å². The third kappa shape index (κ3) is 9.11. The van der Waals surface area contributed by atoms with Crippen molar-refractivity contribution in [3.05, 3.63) is 35.4 Å². The number of esters is 2. The molecule has 1 aromatic carbocycles. The Kier molecular flexibility index (Phi) is 10.4. The van der Waals surface area contributed by atoms with Gasteiger partial charge in [0.2, 0.25) is 5.91 Å². The fourth-order valence-corrected chi connectivity index (χ4v) is 3.35. The van der Waals surface area contributed by atoms with Gasteiger partial charge >= 0.3 is 11.9 Å². The van der Waals surface area contributed by atoms with Crippen molar-refractivity contribution in [1.82, 2.24) is 5.32 Å². The highest BCUT2D eigenvalue weighted by molar-refractivity contribution is 5.74. The van der Waals surface area contributed by atoms with E-state index in [0.29, 0.717) is 6.42 Å². The van der Waals surface area contributed by atoms with Gasteiger partial charge in [-0.3, -0.25) is 14.4 Å². The van der Waals surface area contributed by atoms with Crippen molar-refractivity contribution in [2.45, 2.75) is 85.5 Å². The molecule has 0 saturated carbocycles. The Morgan fingerprint density at radius 2 is 1.48 bits per heavy atom. The molecule has 3 atom stereocenters. The smallest absolute Gasteiger partial charge is 0.302 e. The van der Waals surface area contributed by atoms with Crippen molar-refractivity contribution in [1.29, 1.82) is 0 Å². The number of carbonyl (C=O) groups excluding carboxylic acids is 3. The van der Waals surface area contributed by atoms with E-state index in [4.69, 9.17) is 9.47 Å². The number of carbonyl (C=O) groups is 3. The molecule has 1 N–H and O–H groups in total. The standard InChI is InChI=1S/C23H35NO5/c1-7-8-9-19-10-12-20(13-11-19)14-21(28-17(5)26)22(24-16(4)25)23(15(2)3)29-18(6)27/h10-13,15,21-23H,7-9,14H2,1-6H3,(H,24,25). The highest BCUT2D eigenvalue weighted by atomic mass is 16.6. The highest BCUT2D eigenvalue weighted by Crippen LogP contribution is 2.21. The molecule has 29 heavy (non-hydrogen) atoms. The largest absolute Gasteiger partial charge is 0.460 e. The van der Waals surface area contributed by atoms with Crippen LogP contribution >= 0.6 is 0 Å². The summed E-state index contributed by atoms with van der Waals surface area (Å²) in [5.74, 6) is -1.25. The number of unbranched alkanes of at least 4 members (excludes halogenated alkanes) is 1. The van der Waals surface area contributed by atoms with E-state index in [1.54, 1.807) is 0 Å². The van der Waals surface area contributed by atoms with E-state index < -0.39 is 30.2 Å². The summed E-state index contributed by atoms with van der Waals surface area (Å²) in [6.45, 7) is 10.0. The summed E-state index contributed by atoms with van der Waals surface area (Å²) in [5.41, 5.74) is 2.25. The summed E-state index contributed by atoms with van der Waals surface area (Å²) in [5, 5.41) is 2.84. The van der Waals surface area contributed by atoms with Gasteiger partial charge in [0.25, 0.3) is 0 Å². The number of ether oxygens (including phenoxy) is 2. The number of aryl methyl sites for hydroxylation is 1. The van der Waals surface area contributed by atoms with E-state index in [-0.39, 0.29) is 11.8 Å². The van der Waals surface area contributed by atoms with Crippen LogP contribution in [0.5, 0.6) is 0 Å². The van der Waals surface area contributed by atoms with Crippen molar-refractivity contribution >= 4 is 17.8 Å². The number of nitrogens with one attached hydrogen (secondary N) is 1. The number of benzene rings is 1. The lowest BCUT2D eigenvalue weighted by molar-refractivity contribution is -0.159. The van der Waals surface area contributed by atoms with Gasteiger partial charge in [-0.1, -0.05) is 51.5 Å². The molecule has 0 bridgehead atoms. The summed E-state index contributed by atoms with van der Waals surface area (Å²) in [6, 6.07) is 7.54. The first-order chi connectivity index (χ1) is 13.6. The first-order valence-electron chi connectivity index (χ1n) is 10.3. The van der Waals surface area contributed by atoms with E-state index in [0.717, 1.165) is 24.8 Å². The quantitative estimate of drug-likeness (QED) is 0.569. The van der Waals surface area contributed by atoms with Gasteiger partial charge in [-0.05, 0) is 29.9 Å². The summed E-state index contributed by atoms with van der Waals surface area (Å²) >= 11 is 0. The normalized spacial score (nSPS) is 14.0. The van der Waals surface area contributed by atoms with Crippen molar-refractivity contribution in [3.8, 4) is 0 Å². The molecule has 0 saturated heterocycles. The Hall–Kier alpha value is -2.37. The van der Waals surface area contributed by atoms with Gasteiger partial charge in [0.15, 0.2) is 0 Å². The fourth-order valence-electron chi connectivity index (χ4n) is 3.35. The molecule has 0 aliphatic heterocycles. The second kappa shape index (κ2) is 12.2. The third-order valence-corrected chi connectivity index (χ3v) is 4.68. The maximum Gasteiger partial charge on any atom is 0.302 e. The van der Waals surface area contributed by atoms with Gasteiger partial charge in [-0.25, -0.2) is 0 Å². The van der Waals surface area contributed by atoms with Crippen LogP contribution < -0.4 is 5.32 Å². The minimum Gasteiger partial charge on any atom is -0.460 e. The molecule has 0 aliphatic rings. The van der Waals surface area contributed by atoms with Gasteiger partial charge in [0, 0.05) is 27.2 Å². The predicted octanol–water partition coefficient (Wildman–Crippen LogP) is 3.60. The molecule has 3 unspecified atom stereocenters. The number of amides is 1. The average Bonchev–Trinajstić information content (AvgIpc) is 2.62. The van der Waals surface area contributed by atoms with Gasteiger partial charge in [0.05, 0.1) is 0 Å². The van der Waals surface area contributed by atoms with E-state index >= 15 is 0 Å². The zero-order valence-electron chi connectivity index (χ0n) is 18.5. The van der Waals surface area contributed by atoms with E-state index in [9.17, 15) is 14.4 Å². The zero-order chi connectivity index (χ0) is 22.0. The molecule has 162 valence electrons. The maximum absolute atomic E-state index is 11.9. The fraction of sp³-hybridized carbons (Fsp3) is 0.609. The van der Waals surface area contributed by atoms with Crippen LogP contribution in [0.15, 0.2) is 24.3 Å². The van der Waals surface area contributed by atoms with Gasteiger partial charge in [-0.2, -0.15) is 0 Å². The Labute approximate surface area is 174 Å². The summed E-state index contributed by atoms with van der Waals surface area (Å²) < 4.78 is 11.1. The SMILES string of the molecule is CCCCc1ccc(CC(OC(C)=O)C(NC(C)=O)C(OC(C)=O)C(C)C)cc1. The summed E-state index contributed by atoms with van der Waals surface area (Å²) in [4.78, 5) is 35.3. The van der Waals surface area contributed by atoms with Crippen molar-refractivity contribution in [2.24, 2.45) is 5.92 Å². The first-order valence-corrected chi connectivity index (χ1v) is 10.3. The maximum atomic E-state index is 11.9. The van der Waals surface area contributed by atoms with Crippen LogP contribution in [0.4, 0.5) is 0 Å². The van der Waals surface area contributed by atoms with Crippen LogP contribution in [0.3, 0.4) is 0 Å². The lowest BCUT2D eigenvalue weighted by Gasteiger charge is -2.35. The predicted molar refractivity (Wildman–Crippen MR) is 112 cm³/mol. The third-order valence-electron chi connectivity index (χ3n) is 4.68. The zero-order valence-corrected chi connectivity index (χ0v) is 18.5. The number of hydrogen-bond acceptors (Lipinski definition) is 5. The highest BCUT2D eigenvalue weighted by Gasteiger charge is 2.36. The Bertz CT molecular complexity index is 668. The Morgan fingerprint density at radius 3 is 1.93 bits per heavy atom. The molecule has 1 amide bonds. The van der Waals surface area contributed by atoms with Crippen LogP contribution in [-0.2, 0) is 36.7 Å². The second-order valence-corrected chi connectivity index (χ2v) is 7.82. The van der Waals surface area contributed by atoms with Crippen LogP contribution in [0.1, 0.15) is 65.5 Å². The Balaban J connectivity index is 3.15. The van der Waals surface area contributed by atoms with E-state index in [1.165, 1.54) is 26.3 Å². The van der Waals surface area contributed by atoms with Crippen LogP contribution in [0.25, 0.3) is 0 Å². The van der Waals surface area contributed by atoms with Crippen LogP contribution in [0, 0.1) is 5.92 Å².